The van der Waals surface area contributed by atoms with Gasteiger partial charge in [-0.3, -0.25) is 19.5 Å². The molecule has 2 heterocycles. The topological polar surface area (TPSA) is 74.7 Å². The van der Waals surface area contributed by atoms with Gasteiger partial charge in [0, 0.05) is 28.2 Å². The zero-order valence-corrected chi connectivity index (χ0v) is 21.4. The zero-order chi connectivity index (χ0) is 25.7. The maximum Gasteiger partial charge on any atom is 0.288 e. The van der Waals surface area contributed by atoms with Gasteiger partial charge in [0.15, 0.2) is 5.17 Å². The molecule has 0 bridgehead atoms. The number of amides is 2. The van der Waals surface area contributed by atoms with Crippen LogP contribution in [0, 0.1) is 6.92 Å². The van der Waals surface area contributed by atoms with Crippen molar-refractivity contribution in [2.24, 2.45) is 4.99 Å². The molecule has 1 fully saturated rings. The molecule has 11 heteroatoms. The van der Waals surface area contributed by atoms with E-state index in [2.05, 4.69) is 15.3 Å². The lowest BCUT2D eigenvalue weighted by atomic mass is 10.2. The predicted molar refractivity (Wildman–Crippen MR) is 141 cm³/mol. The van der Waals surface area contributed by atoms with E-state index in [-0.39, 0.29) is 24.8 Å². The van der Waals surface area contributed by atoms with Crippen molar-refractivity contribution < 1.29 is 18.4 Å². The number of nitrogens with one attached hydrogen (secondary N) is 1. The van der Waals surface area contributed by atoms with E-state index in [1.807, 2.05) is 6.07 Å². The number of aromatic nitrogens is 1. The molecule has 1 atom stereocenters. The summed E-state index contributed by atoms with van der Waals surface area (Å²) in [5.74, 6) is -3.09. The fourth-order valence-corrected chi connectivity index (χ4v) is 5.28. The molecule has 6 nitrogen and oxygen atoms in total. The largest absolute Gasteiger partial charge is 0.326 e. The minimum Gasteiger partial charge on any atom is -0.326 e. The first-order chi connectivity index (χ1) is 17.3. The Labute approximate surface area is 220 Å². The summed E-state index contributed by atoms with van der Waals surface area (Å²) in [6, 6.07) is 17.0. The van der Waals surface area contributed by atoms with Gasteiger partial charge in [0.1, 0.15) is 5.25 Å². The number of rotatable bonds is 8. The monoisotopic (exact) mass is 546 g/mol. The van der Waals surface area contributed by atoms with Gasteiger partial charge in [-0.05, 0) is 61.0 Å². The molecule has 1 aliphatic heterocycles. The molecule has 1 N–H and O–H groups in total. The summed E-state index contributed by atoms with van der Waals surface area (Å²) >= 11 is 7.78. The van der Waals surface area contributed by atoms with Crippen LogP contribution in [0.2, 0.25) is 5.02 Å². The van der Waals surface area contributed by atoms with Gasteiger partial charge >= 0.3 is 0 Å². The Balaban J connectivity index is 1.54. The van der Waals surface area contributed by atoms with Gasteiger partial charge in [0.2, 0.25) is 11.8 Å². The lowest BCUT2D eigenvalue weighted by Gasteiger charge is -2.16. The minimum atomic E-state index is -2.51. The van der Waals surface area contributed by atoms with Crippen molar-refractivity contribution in [3.05, 3.63) is 83.1 Å². The molecule has 0 spiro atoms. The molecule has 186 valence electrons. The predicted octanol–water partition coefficient (Wildman–Crippen LogP) is 6.52. The lowest BCUT2D eigenvalue weighted by Crippen LogP contribution is -2.33. The summed E-state index contributed by atoms with van der Waals surface area (Å²) in [5, 5.41) is 3.09. The van der Waals surface area contributed by atoms with Gasteiger partial charge in [0.25, 0.3) is 5.76 Å². The SMILES string of the molecule is Cc1c(Cl)cccc1NC(=O)C[C@@H]1SC(=Nc2ccc(SC(F)F)cc2)N(Cc2ccccn2)C1=O. The molecule has 0 radical (unpaired) electrons. The van der Waals surface area contributed by atoms with Crippen molar-refractivity contribution in [1.82, 2.24) is 9.88 Å². The Bertz CT molecular complexity index is 1280. The number of thioether (sulfide) groups is 2. The Morgan fingerprint density at radius 1 is 1.19 bits per heavy atom. The van der Waals surface area contributed by atoms with Gasteiger partial charge in [-0.2, -0.15) is 8.78 Å². The van der Waals surface area contributed by atoms with Crippen molar-refractivity contribution in [1.29, 1.82) is 0 Å². The van der Waals surface area contributed by atoms with Crippen LogP contribution >= 0.6 is 35.1 Å². The fourth-order valence-electron chi connectivity index (χ4n) is 3.45. The maximum absolute atomic E-state index is 13.3. The quantitative estimate of drug-likeness (QED) is 0.326. The van der Waals surface area contributed by atoms with Crippen LogP contribution in [0.5, 0.6) is 0 Å². The van der Waals surface area contributed by atoms with Crippen LogP contribution in [0.15, 0.2) is 76.7 Å². The first-order valence-electron chi connectivity index (χ1n) is 10.9. The van der Waals surface area contributed by atoms with E-state index in [0.29, 0.717) is 43.9 Å². The molecule has 4 rings (SSSR count). The number of hydrogen-bond acceptors (Lipinski definition) is 6. The first kappa shape index (κ1) is 26.1. The van der Waals surface area contributed by atoms with Crippen LogP contribution in [0.1, 0.15) is 17.7 Å². The number of carbonyl (C=O) groups is 2. The number of pyridine rings is 1. The van der Waals surface area contributed by atoms with Gasteiger partial charge in [-0.1, -0.05) is 47.3 Å². The summed E-state index contributed by atoms with van der Waals surface area (Å²) in [6.07, 6.45) is 1.58. The highest BCUT2D eigenvalue weighted by Gasteiger charge is 2.39. The Morgan fingerprint density at radius 2 is 1.97 bits per heavy atom. The Hall–Kier alpha value is -2.95. The van der Waals surface area contributed by atoms with Gasteiger partial charge < -0.3 is 5.32 Å². The normalized spacial score (nSPS) is 16.7. The third kappa shape index (κ3) is 6.63. The maximum atomic E-state index is 13.3. The number of aliphatic imine (C=N–C) groups is 1. The van der Waals surface area contributed by atoms with Crippen LogP contribution in [0.3, 0.4) is 0 Å². The van der Waals surface area contributed by atoms with Crippen molar-refractivity contribution >= 4 is 63.5 Å². The summed E-state index contributed by atoms with van der Waals surface area (Å²) in [5.41, 5.74) is 2.51. The molecule has 3 aromatic rings. The number of alkyl halides is 2. The molecule has 0 unspecified atom stereocenters. The molecule has 0 saturated carbocycles. The summed E-state index contributed by atoms with van der Waals surface area (Å²) < 4.78 is 25.2. The Kier molecular flexibility index (Phi) is 8.60. The van der Waals surface area contributed by atoms with Gasteiger partial charge in [-0.15, -0.1) is 0 Å². The highest BCUT2D eigenvalue weighted by molar-refractivity contribution is 8.15. The lowest BCUT2D eigenvalue weighted by molar-refractivity contribution is -0.128. The number of benzene rings is 2. The van der Waals surface area contributed by atoms with Crippen molar-refractivity contribution in [2.75, 3.05) is 5.32 Å². The second-order valence-corrected chi connectivity index (χ2v) is 10.4. The number of anilines is 1. The summed E-state index contributed by atoms with van der Waals surface area (Å²) in [6.45, 7) is 1.99. The van der Waals surface area contributed by atoms with E-state index in [0.717, 1.165) is 5.56 Å². The first-order valence-corrected chi connectivity index (χ1v) is 13.0. The number of hydrogen-bond donors (Lipinski definition) is 1. The molecule has 1 aliphatic rings. The molecule has 2 aromatic carbocycles. The van der Waals surface area contributed by atoms with E-state index in [9.17, 15) is 18.4 Å². The third-order valence-electron chi connectivity index (χ3n) is 5.27. The van der Waals surface area contributed by atoms with E-state index in [4.69, 9.17) is 11.6 Å². The third-order valence-corrected chi connectivity index (χ3v) is 7.57. The molecule has 36 heavy (non-hydrogen) atoms. The summed E-state index contributed by atoms with van der Waals surface area (Å²) in [7, 11) is 0. The van der Waals surface area contributed by atoms with Crippen LogP contribution in [0.25, 0.3) is 0 Å². The van der Waals surface area contributed by atoms with Gasteiger partial charge in [-0.25, -0.2) is 4.99 Å². The molecule has 1 saturated heterocycles. The molecular weight excluding hydrogens is 526 g/mol. The Morgan fingerprint density at radius 3 is 2.67 bits per heavy atom. The van der Waals surface area contributed by atoms with Crippen molar-refractivity contribution in [3.63, 3.8) is 0 Å². The fraction of sp³-hybridized carbons (Fsp3) is 0.200. The molecular formula is C25H21ClF2N4O2S2. The van der Waals surface area contributed by atoms with Crippen LogP contribution < -0.4 is 5.32 Å². The number of amidine groups is 1. The second kappa shape index (κ2) is 11.9. The smallest absolute Gasteiger partial charge is 0.288 e. The average molecular weight is 547 g/mol. The average Bonchev–Trinajstić information content (AvgIpc) is 3.12. The van der Waals surface area contributed by atoms with Crippen LogP contribution in [-0.2, 0) is 16.1 Å². The van der Waals surface area contributed by atoms with Gasteiger partial charge in [0.05, 0.1) is 17.9 Å². The number of halogens is 3. The van der Waals surface area contributed by atoms with Crippen LogP contribution in [0.4, 0.5) is 20.2 Å². The zero-order valence-electron chi connectivity index (χ0n) is 19.0. The number of nitrogens with zero attached hydrogens (tertiary/aromatic N) is 3. The van der Waals surface area contributed by atoms with Crippen molar-refractivity contribution in [3.8, 4) is 0 Å². The van der Waals surface area contributed by atoms with E-state index >= 15 is 0 Å². The molecule has 2 amide bonds. The molecule has 1 aromatic heterocycles. The van der Waals surface area contributed by atoms with Crippen molar-refractivity contribution in [2.45, 2.75) is 35.8 Å². The van der Waals surface area contributed by atoms with E-state index < -0.39 is 11.0 Å². The number of carbonyl (C=O) groups excluding carboxylic acids is 2. The van der Waals surface area contributed by atoms with E-state index in [1.165, 1.54) is 16.7 Å². The highest BCUT2D eigenvalue weighted by atomic mass is 35.5. The standard InChI is InChI=1S/C25H21ClF2N4O2S2/c1-15-19(26)6-4-7-20(15)31-22(33)13-21-23(34)32(14-17-5-2-3-12-29-17)25(36-21)30-16-8-10-18(11-9-16)35-24(27)28/h2-12,21,24H,13-14H2,1H3,(H,31,33)/t21-/m0/s1. The second-order valence-electron chi connectivity index (χ2n) is 7.78. The summed E-state index contributed by atoms with van der Waals surface area (Å²) in [4.78, 5) is 36.9. The van der Waals surface area contributed by atoms with E-state index in [1.54, 1.807) is 67.7 Å². The van der Waals surface area contributed by atoms with Crippen LogP contribution in [-0.4, -0.2) is 37.9 Å². The minimum absolute atomic E-state index is 0.0584. The molecule has 0 aliphatic carbocycles. The highest BCUT2D eigenvalue weighted by Crippen LogP contribution is 2.34.